The van der Waals surface area contributed by atoms with Crippen molar-refractivity contribution in [2.75, 3.05) is 0 Å². The minimum Gasteiger partial charge on any atom is -0.481 e. The van der Waals surface area contributed by atoms with Crippen LogP contribution in [0, 0.1) is 0 Å². The number of carbonyl (C=O) groups is 1. The molecule has 1 aliphatic carbocycles. The number of hydrogen-bond acceptors (Lipinski definition) is 3. The molecule has 24 heavy (non-hydrogen) atoms. The third-order valence-corrected chi connectivity index (χ3v) is 4.79. The average molecular weight is 369 g/mol. The molecule has 4 nitrogen and oxygen atoms in total. The molecule has 1 aromatic rings. The maximum atomic E-state index is 13.3. The van der Waals surface area contributed by atoms with Gasteiger partial charge in [-0.2, -0.15) is 17.6 Å². The Bertz CT molecular complexity index is 686. The highest BCUT2D eigenvalue weighted by Crippen LogP contribution is 2.51. The lowest BCUT2D eigenvalue weighted by atomic mass is 9.69. The van der Waals surface area contributed by atoms with Gasteiger partial charge in [-0.1, -0.05) is 30.9 Å². The molecule has 0 bridgehead atoms. The molecule has 1 fully saturated rings. The van der Waals surface area contributed by atoms with Crippen LogP contribution in [-0.4, -0.2) is 23.3 Å². The Kier molecular flexibility index (Phi) is 3.86. The zero-order valence-corrected chi connectivity index (χ0v) is 13.0. The lowest BCUT2D eigenvalue weighted by Crippen LogP contribution is -2.52. The van der Waals surface area contributed by atoms with Crippen molar-refractivity contribution in [3.8, 4) is 11.5 Å². The first-order chi connectivity index (χ1) is 11.1. The molecular formula is C15H13ClF4O4. The minimum atomic E-state index is -4.87. The Hall–Kier alpha value is -1.70. The summed E-state index contributed by atoms with van der Waals surface area (Å²) in [5.41, 5.74) is -1.29. The van der Waals surface area contributed by atoms with E-state index in [1.165, 1.54) is 0 Å². The molecular weight excluding hydrogens is 356 g/mol. The van der Waals surface area contributed by atoms with Gasteiger partial charge in [0, 0.05) is 11.1 Å². The summed E-state index contributed by atoms with van der Waals surface area (Å²) in [6, 6.07) is 1.87. The van der Waals surface area contributed by atoms with Gasteiger partial charge in [0.1, 0.15) is 0 Å². The molecule has 1 N–H and O–H groups in total. The summed E-state index contributed by atoms with van der Waals surface area (Å²) < 4.78 is 61.2. The molecule has 1 aliphatic heterocycles. The molecule has 0 spiro atoms. The second-order valence-corrected chi connectivity index (χ2v) is 6.37. The predicted molar refractivity (Wildman–Crippen MR) is 75.0 cm³/mol. The molecule has 132 valence electrons. The van der Waals surface area contributed by atoms with Gasteiger partial charge in [0.15, 0.2) is 11.5 Å². The molecule has 0 radical (unpaired) electrons. The molecule has 0 aromatic heterocycles. The minimum absolute atomic E-state index is 0.0692. The Morgan fingerprint density at radius 1 is 1.00 bits per heavy atom. The number of ether oxygens (including phenoxy) is 2. The van der Waals surface area contributed by atoms with Gasteiger partial charge >= 0.3 is 18.2 Å². The first kappa shape index (κ1) is 17.1. The zero-order chi connectivity index (χ0) is 17.8. The van der Waals surface area contributed by atoms with E-state index < -0.39 is 35.1 Å². The fourth-order valence-corrected chi connectivity index (χ4v) is 3.54. The molecule has 0 amide bonds. The Morgan fingerprint density at radius 2 is 1.50 bits per heavy atom. The van der Waals surface area contributed by atoms with Gasteiger partial charge in [-0.25, -0.2) is 0 Å². The van der Waals surface area contributed by atoms with Gasteiger partial charge in [0.2, 0.25) is 0 Å². The second kappa shape index (κ2) is 5.40. The quantitative estimate of drug-likeness (QED) is 0.776. The lowest BCUT2D eigenvalue weighted by Gasteiger charge is -2.36. The van der Waals surface area contributed by atoms with Crippen molar-refractivity contribution in [3.63, 3.8) is 0 Å². The summed E-state index contributed by atoms with van der Waals surface area (Å²) in [5, 5.41) is 9.52. The molecule has 0 saturated heterocycles. The number of rotatable bonds is 2. The van der Waals surface area contributed by atoms with E-state index in [-0.39, 0.29) is 23.4 Å². The SMILES string of the molecule is O=C(O)C1(c2cc3c(cc2Cl)OC(F)(F)C(F)(F)O3)CCCCC1. The summed E-state index contributed by atoms with van der Waals surface area (Å²) in [4.78, 5) is 11.8. The summed E-state index contributed by atoms with van der Waals surface area (Å²) in [7, 11) is 0. The summed E-state index contributed by atoms with van der Waals surface area (Å²) in [6.45, 7) is 0. The number of halogens is 5. The van der Waals surface area contributed by atoms with Crippen LogP contribution < -0.4 is 9.47 Å². The molecule has 0 atom stereocenters. The molecule has 1 aromatic carbocycles. The first-order valence-electron chi connectivity index (χ1n) is 7.30. The smallest absolute Gasteiger partial charge is 0.481 e. The van der Waals surface area contributed by atoms with Crippen molar-refractivity contribution in [1.29, 1.82) is 0 Å². The zero-order valence-electron chi connectivity index (χ0n) is 12.3. The number of aliphatic carboxylic acids is 1. The molecule has 1 saturated carbocycles. The van der Waals surface area contributed by atoms with E-state index in [0.717, 1.165) is 18.6 Å². The highest BCUT2D eigenvalue weighted by Gasteiger charge is 2.66. The largest absolute Gasteiger partial charge is 0.507 e. The van der Waals surface area contributed by atoms with E-state index in [1.54, 1.807) is 0 Å². The van der Waals surface area contributed by atoms with Gasteiger partial charge in [-0.05, 0) is 24.5 Å². The van der Waals surface area contributed by atoms with Crippen molar-refractivity contribution in [3.05, 3.63) is 22.7 Å². The van der Waals surface area contributed by atoms with Crippen LogP contribution in [-0.2, 0) is 10.2 Å². The van der Waals surface area contributed by atoms with Gasteiger partial charge in [-0.15, -0.1) is 0 Å². The van der Waals surface area contributed by atoms with Gasteiger partial charge in [0.25, 0.3) is 0 Å². The maximum Gasteiger partial charge on any atom is 0.507 e. The Balaban J connectivity index is 2.11. The fraction of sp³-hybridized carbons (Fsp3) is 0.533. The Labute approximate surface area is 139 Å². The highest BCUT2D eigenvalue weighted by molar-refractivity contribution is 6.32. The van der Waals surface area contributed by atoms with Crippen molar-refractivity contribution in [1.82, 2.24) is 0 Å². The fourth-order valence-electron chi connectivity index (χ4n) is 3.21. The van der Waals surface area contributed by atoms with Crippen LogP contribution in [0.25, 0.3) is 0 Å². The van der Waals surface area contributed by atoms with Crippen LogP contribution in [0.5, 0.6) is 11.5 Å². The number of carboxylic acid groups (broad SMARTS) is 1. The van der Waals surface area contributed by atoms with E-state index in [9.17, 15) is 27.5 Å². The van der Waals surface area contributed by atoms with E-state index >= 15 is 0 Å². The monoisotopic (exact) mass is 368 g/mol. The van der Waals surface area contributed by atoms with Gasteiger partial charge in [-0.3, -0.25) is 4.79 Å². The topological polar surface area (TPSA) is 55.8 Å². The molecule has 9 heteroatoms. The first-order valence-corrected chi connectivity index (χ1v) is 7.68. The second-order valence-electron chi connectivity index (χ2n) is 5.96. The molecule has 1 heterocycles. The molecule has 2 aliphatic rings. The van der Waals surface area contributed by atoms with Crippen LogP contribution in [0.4, 0.5) is 17.6 Å². The summed E-state index contributed by atoms with van der Waals surface area (Å²) in [6.07, 6.45) is -7.06. The third kappa shape index (κ3) is 2.47. The van der Waals surface area contributed by atoms with Crippen molar-refractivity contribution < 1.29 is 36.9 Å². The Morgan fingerprint density at radius 3 is 2.00 bits per heavy atom. The third-order valence-electron chi connectivity index (χ3n) is 4.48. The van der Waals surface area contributed by atoms with Crippen LogP contribution in [0.15, 0.2) is 12.1 Å². The lowest BCUT2D eigenvalue weighted by molar-refractivity contribution is -0.391. The van der Waals surface area contributed by atoms with E-state index in [0.29, 0.717) is 12.8 Å². The van der Waals surface area contributed by atoms with Gasteiger partial charge in [0.05, 0.1) is 5.41 Å². The normalized spacial score (nSPS) is 23.5. The number of alkyl halides is 4. The summed E-state index contributed by atoms with van der Waals surface area (Å²) >= 11 is 6.06. The van der Waals surface area contributed by atoms with E-state index in [1.807, 2.05) is 0 Å². The number of carboxylic acids is 1. The molecule has 0 unspecified atom stereocenters. The number of benzene rings is 1. The number of fused-ring (bicyclic) bond motifs is 1. The summed E-state index contributed by atoms with van der Waals surface area (Å²) in [5.74, 6) is -2.45. The standard InChI is InChI=1S/C15H13ClF4O4/c16-9-7-11-10(23-14(17,18)15(19,20)24-11)6-8(9)13(12(21)22)4-2-1-3-5-13/h6-7H,1-5H2,(H,21,22). The van der Waals surface area contributed by atoms with Crippen molar-refractivity contribution in [2.45, 2.75) is 49.7 Å². The van der Waals surface area contributed by atoms with Crippen molar-refractivity contribution in [2.24, 2.45) is 0 Å². The highest BCUT2D eigenvalue weighted by atomic mass is 35.5. The van der Waals surface area contributed by atoms with Crippen LogP contribution in [0.1, 0.15) is 37.7 Å². The van der Waals surface area contributed by atoms with Crippen LogP contribution >= 0.6 is 11.6 Å². The van der Waals surface area contributed by atoms with E-state index in [4.69, 9.17) is 11.6 Å². The predicted octanol–water partition coefficient (Wildman–Crippen LogP) is 4.58. The van der Waals surface area contributed by atoms with Gasteiger partial charge < -0.3 is 14.6 Å². The number of hydrogen-bond donors (Lipinski definition) is 1. The van der Waals surface area contributed by atoms with Crippen LogP contribution in [0.2, 0.25) is 5.02 Å². The average Bonchev–Trinajstić information content (AvgIpc) is 2.48. The van der Waals surface area contributed by atoms with Crippen LogP contribution in [0.3, 0.4) is 0 Å². The van der Waals surface area contributed by atoms with Crippen molar-refractivity contribution >= 4 is 17.6 Å². The molecule has 3 rings (SSSR count). The van der Waals surface area contributed by atoms with E-state index in [2.05, 4.69) is 9.47 Å². The maximum absolute atomic E-state index is 13.3.